The van der Waals surface area contributed by atoms with Gasteiger partial charge in [-0.2, -0.15) is 0 Å². The van der Waals surface area contributed by atoms with Crippen molar-refractivity contribution in [2.45, 2.75) is 6.54 Å². The number of hydrogen-bond acceptors (Lipinski definition) is 4. The smallest absolute Gasteiger partial charge is 0.214 e. The minimum atomic E-state index is -3.09. The highest BCUT2D eigenvalue weighted by Gasteiger charge is 2.11. The zero-order chi connectivity index (χ0) is 12.0. The lowest BCUT2D eigenvalue weighted by Gasteiger charge is -2.11. The molecule has 1 aromatic rings. The summed E-state index contributed by atoms with van der Waals surface area (Å²) in [6.07, 6.45) is 3.43. The fourth-order valence-electron chi connectivity index (χ4n) is 1.12. The Kier molecular flexibility index (Phi) is 4.85. The predicted octanol–water partition coefficient (Wildman–Crippen LogP) is 0.0626. The molecule has 0 radical (unpaired) electrons. The Morgan fingerprint density at radius 1 is 1.31 bits per heavy atom. The molecule has 0 aromatic carbocycles. The van der Waals surface area contributed by atoms with Gasteiger partial charge in [-0.3, -0.25) is 4.98 Å². The van der Waals surface area contributed by atoms with Crippen molar-refractivity contribution < 1.29 is 8.42 Å². The summed E-state index contributed by atoms with van der Waals surface area (Å²) in [4.78, 5) is 3.91. The maximum Gasteiger partial charge on any atom is 0.214 e. The second-order valence-corrected chi connectivity index (χ2v) is 5.93. The van der Waals surface area contributed by atoms with Crippen LogP contribution in [0.5, 0.6) is 0 Å². The Morgan fingerprint density at radius 3 is 2.50 bits per heavy atom. The van der Waals surface area contributed by atoms with Gasteiger partial charge < -0.3 is 5.32 Å². The number of nitrogens with zero attached hydrogens (tertiary/aromatic N) is 2. The summed E-state index contributed by atoms with van der Waals surface area (Å²) in [7, 11) is -0.0144. The Balaban J connectivity index is 2.28. The van der Waals surface area contributed by atoms with E-state index in [4.69, 9.17) is 0 Å². The summed E-state index contributed by atoms with van der Waals surface area (Å²) in [5.41, 5.74) is 1.09. The van der Waals surface area contributed by atoms with Crippen molar-refractivity contribution in [3.63, 3.8) is 0 Å². The normalized spacial score (nSPS) is 11.9. The lowest BCUT2D eigenvalue weighted by molar-refractivity contribution is 0.517. The van der Waals surface area contributed by atoms with Gasteiger partial charge >= 0.3 is 0 Å². The molecule has 90 valence electrons. The molecule has 0 atom stereocenters. The van der Waals surface area contributed by atoms with E-state index in [0.29, 0.717) is 13.1 Å². The van der Waals surface area contributed by atoms with E-state index < -0.39 is 10.0 Å². The number of nitrogens with one attached hydrogen (secondary N) is 1. The van der Waals surface area contributed by atoms with E-state index in [1.807, 2.05) is 12.1 Å². The summed E-state index contributed by atoms with van der Waals surface area (Å²) in [6, 6.07) is 3.79. The molecule has 0 unspecified atom stereocenters. The van der Waals surface area contributed by atoms with Crippen molar-refractivity contribution in [1.82, 2.24) is 14.6 Å². The largest absolute Gasteiger partial charge is 0.312 e. The van der Waals surface area contributed by atoms with Gasteiger partial charge in [0.15, 0.2) is 0 Å². The molecule has 0 bridgehead atoms. The summed E-state index contributed by atoms with van der Waals surface area (Å²) in [6.45, 7) is 1.11. The first-order valence-electron chi connectivity index (χ1n) is 5.02. The zero-order valence-corrected chi connectivity index (χ0v) is 10.4. The van der Waals surface area contributed by atoms with Gasteiger partial charge in [0.1, 0.15) is 0 Å². The van der Waals surface area contributed by atoms with E-state index in [-0.39, 0.29) is 5.75 Å². The van der Waals surface area contributed by atoms with E-state index in [0.717, 1.165) is 5.56 Å². The van der Waals surface area contributed by atoms with Gasteiger partial charge in [0.25, 0.3) is 0 Å². The van der Waals surface area contributed by atoms with Gasteiger partial charge in [0, 0.05) is 39.6 Å². The summed E-state index contributed by atoms with van der Waals surface area (Å²) in [5, 5.41) is 3.08. The van der Waals surface area contributed by atoms with E-state index in [1.54, 1.807) is 12.4 Å². The first kappa shape index (κ1) is 13.1. The molecule has 1 N–H and O–H groups in total. The van der Waals surface area contributed by atoms with Crippen LogP contribution in [0, 0.1) is 0 Å². The number of aromatic nitrogens is 1. The maximum atomic E-state index is 11.4. The number of hydrogen-bond donors (Lipinski definition) is 1. The van der Waals surface area contributed by atoms with Crippen molar-refractivity contribution in [3.8, 4) is 0 Å². The van der Waals surface area contributed by atoms with Crippen LogP contribution in [0.3, 0.4) is 0 Å². The van der Waals surface area contributed by atoms with Crippen LogP contribution in [0.1, 0.15) is 5.56 Å². The fourth-order valence-corrected chi connectivity index (χ4v) is 1.88. The maximum absolute atomic E-state index is 11.4. The molecule has 0 aliphatic heterocycles. The van der Waals surface area contributed by atoms with E-state index >= 15 is 0 Å². The molecule has 16 heavy (non-hydrogen) atoms. The topological polar surface area (TPSA) is 62.3 Å². The van der Waals surface area contributed by atoms with Crippen molar-refractivity contribution in [2.75, 3.05) is 26.4 Å². The number of pyridine rings is 1. The van der Waals surface area contributed by atoms with Gasteiger partial charge in [0.05, 0.1) is 5.75 Å². The first-order chi connectivity index (χ1) is 7.52. The first-order valence-corrected chi connectivity index (χ1v) is 6.63. The van der Waals surface area contributed by atoms with Crippen LogP contribution in [0.4, 0.5) is 0 Å². The molecule has 1 aromatic heterocycles. The molecular weight excluding hydrogens is 226 g/mol. The van der Waals surface area contributed by atoms with Gasteiger partial charge in [0.2, 0.25) is 10.0 Å². The molecule has 1 heterocycles. The van der Waals surface area contributed by atoms with Crippen molar-refractivity contribution >= 4 is 10.0 Å². The molecule has 0 saturated heterocycles. The quantitative estimate of drug-likeness (QED) is 0.718. The second kappa shape index (κ2) is 5.93. The van der Waals surface area contributed by atoms with Gasteiger partial charge in [-0.05, 0) is 17.7 Å². The third kappa shape index (κ3) is 4.26. The van der Waals surface area contributed by atoms with Crippen LogP contribution >= 0.6 is 0 Å². The molecule has 5 nitrogen and oxygen atoms in total. The lowest BCUT2D eigenvalue weighted by atomic mass is 10.3. The lowest BCUT2D eigenvalue weighted by Crippen LogP contribution is -2.30. The third-order valence-corrected chi connectivity index (χ3v) is 4.00. The zero-order valence-electron chi connectivity index (χ0n) is 9.55. The molecule has 0 aliphatic carbocycles. The molecular formula is C10H17N3O2S. The average Bonchev–Trinajstić information content (AvgIpc) is 2.26. The summed E-state index contributed by atoms with van der Waals surface area (Å²) < 4.78 is 24.1. The third-order valence-electron chi connectivity index (χ3n) is 2.17. The number of rotatable bonds is 6. The molecule has 0 amide bonds. The predicted molar refractivity (Wildman–Crippen MR) is 63.4 cm³/mol. The fraction of sp³-hybridized carbons (Fsp3) is 0.500. The average molecular weight is 243 g/mol. The molecule has 0 spiro atoms. The van der Waals surface area contributed by atoms with Gasteiger partial charge in [-0.1, -0.05) is 0 Å². The molecule has 0 saturated carbocycles. The summed E-state index contributed by atoms with van der Waals surface area (Å²) in [5.74, 6) is 0.116. The minimum absolute atomic E-state index is 0.116. The highest BCUT2D eigenvalue weighted by molar-refractivity contribution is 7.89. The minimum Gasteiger partial charge on any atom is -0.312 e. The van der Waals surface area contributed by atoms with Crippen molar-refractivity contribution in [1.29, 1.82) is 0 Å². The number of sulfonamides is 1. The van der Waals surface area contributed by atoms with E-state index in [1.165, 1.54) is 18.4 Å². The standard InChI is InChI=1S/C10H17N3O2S/c1-13(2)16(14,15)8-7-12-9-10-3-5-11-6-4-10/h3-6,12H,7-9H2,1-2H3. The molecule has 0 fully saturated rings. The van der Waals surface area contributed by atoms with E-state index in [2.05, 4.69) is 10.3 Å². The molecule has 6 heteroatoms. The highest BCUT2D eigenvalue weighted by atomic mass is 32.2. The second-order valence-electron chi connectivity index (χ2n) is 3.63. The molecule has 0 aliphatic rings. The van der Waals surface area contributed by atoms with Crippen LogP contribution in [-0.2, 0) is 16.6 Å². The van der Waals surface area contributed by atoms with Crippen molar-refractivity contribution in [3.05, 3.63) is 30.1 Å². The van der Waals surface area contributed by atoms with Crippen LogP contribution in [-0.4, -0.2) is 44.1 Å². The molecule has 1 rings (SSSR count). The van der Waals surface area contributed by atoms with Gasteiger partial charge in [-0.25, -0.2) is 12.7 Å². The van der Waals surface area contributed by atoms with Gasteiger partial charge in [-0.15, -0.1) is 0 Å². The Morgan fingerprint density at radius 2 is 1.94 bits per heavy atom. The SMILES string of the molecule is CN(C)S(=O)(=O)CCNCc1ccncc1. The monoisotopic (exact) mass is 243 g/mol. The van der Waals surface area contributed by atoms with Crippen LogP contribution < -0.4 is 5.32 Å². The van der Waals surface area contributed by atoms with Crippen LogP contribution in [0.2, 0.25) is 0 Å². The Hall–Kier alpha value is -0.980. The summed E-state index contributed by atoms with van der Waals surface area (Å²) >= 11 is 0. The Labute approximate surface area is 96.5 Å². The highest BCUT2D eigenvalue weighted by Crippen LogP contribution is 1.96. The van der Waals surface area contributed by atoms with Crippen molar-refractivity contribution in [2.24, 2.45) is 0 Å². The Bertz CT molecular complexity index is 403. The van der Waals surface area contributed by atoms with Crippen LogP contribution in [0.15, 0.2) is 24.5 Å². The van der Waals surface area contributed by atoms with E-state index in [9.17, 15) is 8.42 Å². The van der Waals surface area contributed by atoms with Crippen LogP contribution in [0.25, 0.3) is 0 Å².